The summed E-state index contributed by atoms with van der Waals surface area (Å²) in [6.07, 6.45) is 5.65. The number of carbonyl (C=O) groups excluding carboxylic acids is 3. The Labute approximate surface area is 189 Å². The van der Waals surface area contributed by atoms with Gasteiger partial charge in [0.1, 0.15) is 0 Å². The van der Waals surface area contributed by atoms with E-state index in [2.05, 4.69) is 10.6 Å². The summed E-state index contributed by atoms with van der Waals surface area (Å²) in [4.78, 5) is 40.2. The van der Waals surface area contributed by atoms with Crippen LogP contribution in [0.25, 0.3) is 0 Å². The maximum Gasteiger partial charge on any atom is 0.253 e. The molecule has 2 aromatic carbocycles. The fraction of sp³-hybridized carbons (Fsp3) is 0.423. The number of rotatable bonds is 5. The molecule has 1 atom stereocenters. The van der Waals surface area contributed by atoms with Crippen LogP contribution in [0.1, 0.15) is 60.0 Å². The van der Waals surface area contributed by atoms with Gasteiger partial charge in [-0.2, -0.15) is 0 Å². The molecule has 2 aromatic rings. The third kappa shape index (κ3) is 4.85. The van der Waals surface area contributed by atoms with Gasteiger partial charge in [-0.05, 0) is 62.1 Å². The molecule has 6 heteroatoms. The topological polar surface area (TPSA) is 78.5 Å². The third-order valence-electron chi connectivity index (χ3n) is 6.67. The fourth-order valence-electron chi connectivity index (χ4n) is 4.56. The van der Waals surface area contributed by atoms with Gasteiger partial charge in [0.15, 0.2) is 0 Å². The van der Waals surface area contributed by atoms with Gasteiger partial charge in [-0.1, -0.05) is 37.5 Å². The van der Waals surface area contributed by atoms with E-state index < -0.39 is 5.92 Å². The van der Waals surface area contributed by atoms with Crippen molar-refractivity contribution in [1.82, 2.24) is 5.32 Å². The molecule has 2 aliphatic rings. The molecule has 0 radical (unpaired) electrons. The monoisotopic (exact) mass is 433 g/mol. The molecule has 3 amide bonds. The number of benzene rings is 2. The zero-order valence-electron chi connectivity index (χ0n) is 18.8. The van der Waals surface area contributed by atoms with E-state index in [1.54, 1.807) is 29.2 Å². The van der Waals surface area contributed by atoms with Crippen LogP contribution >= 0.6 is 0 Å². The van der Waals surface area contributed by atoms with Gasteiger partial charge in [0.25, 0.3) is 5.91 Å². The van der Waals surface area contributed by atoms with Gasteiger partial charge in [-0.3, -0.25) is 14.4 Å². The zero-order valence-corrected chi connectivity index (χ0v) is 18.8. The van der Waals surface area contributed by atoms with Crippen LogP contribution in [0.3, 0.4) is 0 Å². The van der Waals surface area contributed by atoms with E-state index in [0.29, 0.717) is 17.8 Å². The molecule has 2 N–H and O–H groups in total. The van der Waals surface area contributed by atoms with Crippen LogP contribution in [0.2, 0.25) is 0 Å². The lowest BCUT2D eigenvalue weighted by atomic mass is 9.95. The minimum atomic E-state index is -0.460. The number of nitrogens with one attached hydrogen (secondary N) is 2. The fourth-order valence-corrected chi connectivity index (χ4v) is 4.56. The largest absolute Gasteiger partial charge is 0.349 e. The lowest BCUT2D eigenvalue weighted by molar-refractivity contribution is -0.122. The van der Waals surface area contributed by atoms with Gasteiger partial charge in [0.05, 0.1) is 17.2 Å². The van der Waals surface area contributed by atoms with E-state index in [0.717, 1.165) is 42.5 Å². The van der Waals surface area contributed by atoms with Crippen LogP contribution in [-0.4, -0.2) is 30.3 Å². The highest BCUT2D eigenvalue weighted by atomic mass is 16.2. The number of anilines is 2. The predicted molar refractivity (Wildman–Crippen MR) is 126 cm³/mol. The summed E-state index contributed by atoms with van der Waals surface area (Å²) in [6, 6.07) is 13.2. The van der Waals surface area contributed by atoms with E-state index in [-0.39, 0.29) is 30.2 Å². The van der Waals surface area contributed by atoms with Crippen molar-refractivity contribution in [2.75, 3.05) is 16.8 Å². The lowest BCUT2D eigenvalue weighted by Crippen LogP contribution is -2.36. The van der Waals surface area contributed by atoms with Gasteiger partial charge in [-0.15, -0.1) is 0 Å². The minimum absolute atomic E-state index is 0.0586. The van der Waals surface area contributed by atoms with E-state index in [1.807, 2.05) is 32.0 Å². The summed E-state index contributed by atoms with van der Waals surface area (Å²) in [7, 11) is 0. The zero-order chi connectivity index (χ0) is 22.7. The highest BCUT2D eigenvalue weighted by Crippen LogP contribution is 2.28. The summed E-state index contributed by atoms with van der Waals surface area (Å²) in [5.41, 5.74) is 4.05. The quantitative estimate of drug-likeness (QED) is 0.736. The first kappa shape index (κ1) is 22.1. The summed E-state index contributed by atoms with van der Waals surface area (Å²) in [5.74, 6) is -0.912. The highest BCUT2D eigenvalue weighted by molar-refractivity contribution is 6.07. The standard InChI is InChI=1S/C26H31N3O3/c1-17-12-13-21(14-18(17)2)29-16-19(15-24(29)30)25(31)28-23-11-7-6-10-22(23)26(32)27-20-8-4-3-5-9-20/h6-7,10-14,19-20H,3-5,8-9,15-16H2,1-2H3,(H,27,32)(H,28,31)/t19-/m0/s1. The molecule has 4 rings (SSSR count). The van der Waals surface area contributed by atoms with Crippen molar-refractivity contribution < 1.29 is 14.4 Å². The Morgan fingerprint density at radius 2 is 1.72 bits per heavy atom. The summed E-state index contributed by atoms with van der Waals surface area (Å²) < 4.78 is 0. The minimum Gasteiger partial charge on any atom is -0.349 e. The van der Waals surface area contributed by atoms with Crippen molar-refractivity contribution in [3.05, 3.63) is 59.2 Å². The SMILES string of the molecule is Cc1ccc(N2C[C@@H](C(=O)Nc3ccccc3C(=O)NC3CCCCC3)CC2=O)cc1C. The summed E-state index contributed by atoms with van der Waals surface area (Å²) >= 11 is 0. The molecule has 32 heavy (non-hydrogen) atoms. The molecule has 168 valence electrons. The molecule has 0 aromatic heterocycles. The Morgan fingerprint density at radius 1 is 0.969 bits per heavy atom. The normalized spacial score (nSPS) is 19.1. The number of aryl methyl sites for hydroxylation is 2. The number of carbonyl (C=O) groups is 3. The number of nitrogens with zero attached hydrogens (tertiary/aromatic N) is 1. The first-order valence-electron chi connectivity index (χ1n) is 11.5. The molecular formula is C26H31N3O3. The molecule has 1 saturated heterocycles. The van der Waals surface area contributed by atoms with Crippen molar-refractivity contribution in [3.63, 3.8) is 0 Å². The number of amides is 3. The average molecular weight is 434 g/mol. The maximum atomic E-state index is 13.0. The van der Waals surface area contributed by atoms with E-state index in [1.165, 1.54) is 6.42 Å². The van der Waals surface area contributed by atoms with Crippen LogP contribution < -0.4 is 15.5 Å². The van der Waals surface area contributed by atoms with Gasteiger partial charge in [0, 0.05) is 24.7 Å². The Hall–Kier alpha value is -3.15. The van der Waals surface area contributed by atoms with Crippen molar-refractivity contribution in [1.29, 1.82) is 0 Å². The molecular weight excluding hydrogens is 402 g/mol. The van der Waals surface area contributed by atoms with E-state index >= 15 is 0 Å². The van der Waals surface area contributed by atoms with Crippen molar-refractivity contribution >= 4 is 29.1 Å². The summed E-state index contributed by atoms with van der Waals surface area (Å²) in [5, 5.41) is 6.02. The van der Waals surface area contributed by atoms with E-state index in [9.17, 15) is 14.4 Å². The Balaban J connectivity index is 1.43. The lowest BCUT2D eigenvalue weighted by Gasteiger charge is -2.23. The number of para-hydroxylation sites is 1. The Bertz CT molecular complexity index is 1030. The molecule has 0 unspecified atom stereocenters. The second-order valence-electron chi connectivity index (χ2n) is 9.02. The average Bonchev–Trinajstić information content (AvgIpc) is 3.18. The van der Waals surface area contributed by atoms with Gasteiger partial charge < -0.3 is 15.5 Å². The van der Waals surface area contributed by atoms with Crippen molar-refractivity contribution in [3.8, 4) is 0 Å². The molecule has 1 aliphatic heterocycles. The van der Waals surface area contributed by atoms with Crippen LogP contribution in [0, 0.1) is 19.8 Å². The molecule has 0 bridgehead atoms. The van der Waals surface area contributed by atoms with Crippen LogP contribution in [0.5, 0.6) is 0 Å². The van der Waals surface area contributed by atoms with Gasteiger partial charge >= 0.3 is 0 Å². The summed E-state index contributed by atoms with van der Waals surface area (Å²) in [6.45, 7) is 4.38. The van der Waals surface area contributed by atoms with Crippen LogP contribution in [0.4, 0.5) is 11.4 Å². The highest BCUT2D eigenvalue weighted by Gasteiger charge is 2.35. The van der Waals surface area contributed by atoms with Crippen molar-refractivity contribution in [2.45, 2.75) is 58.4 Å². The van der Waals surface area contributed by atoms with Crippen LogP contribution in [-0.2, 0) is 9.59 Å². The van der Waals surface area contributed by atoms with Crippen LogP contribution in [0.15, 0.2) is 42.5 Å². The molecule has 6 nitrogen and oxygen atoms in total. The maximum absolute atomic E-state index is 13.0. The number of hydrogen-bond donors (Lipinski definition) is 2. The molecule has 1 aliphatic carbocycles. The second kappa shape index (κ2) is 9.55. The first-order chi connectivity index (χ1) is 15.4. The molecule has 1 heterocycles. The molecule has 1 saturated carbocycles. The van der Waals surface area contributed by atoms with Crippen molar-refractivity contribution in [2.24, 2.45) is 5.92 Å². The predicted octanol–water partition coefficient (Wildman–Crippen LogP) is 4.36. The van der Waals surface area contributed by atoms with Gasteiger partial charge in [0.2, 0.25) is 11.8 Å². The third-order valence-corrected chi connectivity index (χ3v) is 6.67. The smallest absolute Gasteiger partial charge is 0.253 e. The van der Waals surface area contributed by atoms with E-state index in [4.69, 9.17) is 0 Å². The number of hydrogen-bond acceptors (Lipinski definition) is 3. The first-order valence-corrected chi connectivity index (χ1v) is 11.5. The molecule has 0 spiro atoms. The van der Waals surface area contributed by atoms with Gasteiger partial charge in [-0.25, -0.2) is 0 Å². The second-order valence-corrected chi connectivity index (χ2v) is 9.02. The Morgan fingerprint density at radius 3 is 2.47 bits per heavy atom. The Kier molecular flexibility index (Phi) is 6.58. The molecule has 2 fully saturated rings.